The van der Waals surface area contributed by atoms with E-state index < -0.39 is 27.5 Å². The highest BCUT2D eigenvalue weighted by Crippen LogP contribution is 2.23. The SMILES string of the molecule is CC(c1ccc(F)c(F)c1)N(C)C(=O)c1cccc(CS(=O)(=O)c2ccccc2)c1. The molecule has 0 saturated heterocycles. The standard InChI is InChI=1S/C23H21F2NO3S/c1-16(18-11-12-21(24)22(25)14-18)26(2)23(27)19-8-6-7-17(13-19)15-30(28,29)20-9-4-3-5-10-20/h3-14,16H,15H2,1-2H3. The van der Waals surface area contributed by atoms with Crippen molar-refractivity contribution in [2.45, 2.75) is 23.6 Å². The van der Waals surface area contributed by atoms with Crippen LogP contribution in [0.5, 0.6) is 0 Å². The van der Waals surface area contributed by atoms with Gasteiger partial charge in [0.05, 0.1) is 16.7 Å². The molecule has 1 amide bonds. The maximum Gasteiger partial charge on any atom is 0.254 e. The van der Waals surface area contributed by atoms with E-state index in [1.807, 2.05) is 0 Å². The molecule has 0 aliphatic heterocycles. The van der Waals surface area contributed by atoms with E-state index in [1.165, 1.54) is 29.2 Å². The molecule has 0 fully saturated rings. The highest BCUT2D eigenvalue weighted by atomic mass is 32.2. The zero-order chi connectivity index (χ0) is 21.9. The van der Waals surface area contributed by atoms with Crippen molar-refractivity contribution in [2.75, 3.05) is 7.05 Å². The maximum absolute atomic E-state index is 13.5. The van der Waals surface area contributed by atoms with E-state index >= 15 is 0 Å². The quantitative estimate of drug-likeness (QED) is 0.567. The van der Waals surface area contributed by atoms with Gasteiger partial charge in [0.1, 0.15) is 0 Å². The zero-order valence-corrected chi connectivity index (χ0v) is 17.4. The molecule has 3 aromatic rings. The van der Waals surface area contributed by atoms with Gasteiger partial charge in [0.15, 0.2) is 21.5 Å². The summed E-state index contributed by atoms with van der Waals surface area (Å²) >= 11 is 0. The van der Waals surface area contributed by atoms with Crippen LogP contribution in [-0.2, 0) is 15.6 Å². The van der Waals surface area contributed by atoms with Gasteiger partial charge in [-0.1, -0.05) is 36.4 Å². The average molecular weight is 429 g/mol. The lowest BCUT2D eigenvalue weighted by Crippen LogP contribution is -2.29. The number of halogens is 2. The summed E-state index contributed by atoms with van der Waals surface area (Å²) in [6.45, 7) is 1.70. The van der Waals surface area contributed by atoms with Gasteiger partial charge in [-0.3, -0.25) is 4.79 Å². The summed E-state index contributed by atoms with van der Waals surface area (Å²) in [6, 6.07) is 17.5. The molecule has 7 heteroatoms. The van der Waals surface area contributed by atoms with Crippen molar-refractivity contribution in [3.63, 3.8) is 0 Å². The summed E-state index contributed by atoms with van der Waals surface area (Å²) in [5.41, 5.74) is 1.25. The molecule has 0 spiro atoms. The van der Waals surface area contributed by atoms with Crippen LogP contribution in [0.15, 0.2) is 77.7 Å². The van der Waals surface area contributed by atoms with Crippen LogP contribution >= 0.6 is 0 Å². The first-order valence-electron chi connectivity index (χ1n) is 9.28. The highest BCUT2D eigenvalue weighted by Gasteiger charge is 2.21. The van der Waals surface area contributed by atoms with Gasteiger partial charge in [0.25, 0.3) is 5.91 Å². The maximum atomic E-state index is 13.5. The Hall–Kier alpha value is -3.06. The number of amides is 1. The van der Waals surface area contributed by atoms with Crippen LogP contribution in [0.3, 0.4) is 0 Å². The number of carbonyl (C=O) groups is 1. The van der Waals surface area contributed by atoms with Gasteiger partial charge in [-0.15, -0.1) is 0 Å². The van der Waals surface area contributed by atoms with Gasteiger partial charge < -0.3 is 4.90 Å². The molecule has 0 N–H and O–H groups in total. The van der Waals surface area contributed by atoms with E-state index in [1.54, 1.807) is 50.4 Å². The fourth-order valence-electron chi connectivity index (χ4n) is 3.10. The molecular weight excluding hydrogens is 408 g/mol. The van der Waals surface area contributed by atoms with Gasteiger partial charge >= 0.3 is 0 Å². The molecule has 156 valence electrons. The summed E-state index contributed by atoms with van der Waals surface area (Å²) in [4.78, 5) is 14.5. The van der Waals surface area contributed by atoms with Crippen LogP contribution in [0.4, 0.5) is 8.78 Å². The molecule has 1 atom stereocenters. The van der Waals surface area contributed by atoms with Gasteiger partial charge in [0, 0.05) is 12.6 Å². The predicted octanol–water partition coefficient (Wildman–Crippen LogP) is 4.77. The summed E-state index contributed by atoms with van der Waals surface area (Å²) in [5.74, 6) is -2.52. The molecule has 0 aromatic heterocycles. The second kappa shape index (κ2) is 8.75. The molecule has 0 aliphatic rings. The molecule has 0 radical (unpaired) electrons. The first kappa shape index (κ1) is 21.6. The van der Waals surface area contributed by atoms with E-state index in [0.717, 1.165) is 12.1 Å². The van der Waals surface area contributed by atoms with E-state index in [2.05, 4.69) is 0 Å². The summed E-state index contributed by atoms with van der Waals surface area (Å²) in [7, 11) is -1.99. The monoisotopic (exact) mass is 429 g/mol. The molecule has 0 heterocycles. The number of nitrogens with zero attached hydrogens (tertiary/aromatic N) is 1. The molecule has 0 aliphatic carbocycles. The number of hydrogen-bond acceptors (Lipinski definition) is 3. The second-order valence-electron chi connectivity index (χ2n) is 7.04. The Morgan fingerprint density at radius 1 is 0.933 bits per heavy atom. The lowest BCUT2D eigenvalue weighted by molar-refractivity contribution is 0.0742. The van der Waals surface area contributed by atoms with Gasteiger partial charge in [0.2, 0.25) is 0 Å². The smallest absolute Gasteiger partial charge is 0.254 e. The van der Waals surface area contributed by atoms with Crippen molar-refractivity contribution in [1.82, 2.24) is 4.90 Å². The van der Waals surface area contributed by atoms with Crippen LogP contribution in [0.2, 0.25) is 0 Å². The Bertz CT molecular complexity index is 1160. The lowest BCUT2D eigenvalue weighted by atomic mass is 10.1. The number of benzene rings is 3. The third kappa shape index (κ3) is 4.74. The van der Waals surface area contributed by atoms with E-state index in [0.29, 0.717) is 16.7 Å². The molecule has 0 bridgehead atoms. The first-order valence-corrected chi connectivity index (χ1v) is 10.9. The van der Waals surface area contributed by atoms with E-state index in [9.17, 15) is 22.0 Å². The topological polar surface area (TPSA) is 54.5 Å². The van der Waals surface area contributed by atoms with Crippen LogP contribution in [-0.4, -0.2) is 26.3 Å². The van der Waals surface area contributed by atoms with E-state index in [-0.39, 0.29) is 16.6 Å². The first-order chi connectivity index (χ1) is 14.2. The van der Waals surface area contributed by atoms with Crippen LogP contribution in [0, 0.1) is 11.6 Å². The lowest BCUT2D eigenvalue weighted by Gasteiger charge is -2.25. The van der Waals surface area contributed by atoms with Gasteiger partial charge in [-0.2, -0.15) is 0 Å². The van der Waals surface area contributed by atoms with Crippen molar-refractivity contribution in [3.8, 4) is 0 Å². The van der Waals surface area contributed by atoms with Crippen LogP contribution in [0.25, 0.3) is 0 Å². The van der Waals surface area contributed by atoms with Crippen molar-refractivity contribution in [2.24, 2.45) is 0 Å². The minimum Gasteiger partial charge on any atom is -0.335 e. The van der Waals surface area contributed by atoms with E-state index in [4.69, 9.17) is 0 Å². The Kier molecular flexibility index (Phi) is 6.31. The van der Waals surface area contributed by atoms with Gasteiger partial charge in [-0.25, -0.2) is 17.2 Å². The number of carbonyl (C=O) groups excluding carboxylic acids is 1. The third-order valence-electron chi connectivity index (χ3n) is 4.96. The number of rotatable bonds is 6. The normalized spacial score (nSPS) is 12.4. The van der Waals surface area contributed by atoms with Crippen LogP contribution < -0.4 is 0 Å². The highest BCUT2D eigenvalue weighted by molar-refractivity contribution is 7.90. The molecule has 3 rings (SSSR count). The summed E-state index contributed by atoms with van der Waals surface area (Å²) < 4.78 is 51.9. The summed E-state index contributed by atoms with van der Waals surface area (Å²) in [6.07, 6.45) is 0. The number of sulfone groups is 1. The average Bonchev–Trinajstić information content (AvgIpc) is 2.74. The predicted molar refractivity (Wildman–Crippen MR) is 111 cm³/mol. The second-order valence-corrected chi connectivity index (χ2v) is 9.03. The molecule has 4 nitrogen and oxygen atoms in total. The molecule has 30 heavy (non-hydrogen) atoms. The Balaban J connectivity index is 1.81. The van der Waals surface area contributed by atoms with Crippen molar-refractivity contribution >= 4 is 15.7 Å². The number of hydrogen-bond donors (Lipinski definition) is 0. The molecule has 3 aromatic carbocycles. The largest absolute Gasteiger partial charge is 0.335 e. The molecule has 0 saturated carbocycles. The third-order valence-corrected chi connectivity index (χ3v) is 6.66. The van der Waals surface area contributed by atoms with Crippen molar-refractivity contribution < 1.29 is 22.0 Å². The minimum atomic E-state index is -3.55. The molecule has 1 unspecified atom stereocenters. The minimum absolute atomic E-state index is 0.214. The fraction of sp³-hybridized carbons (Fsp3) is 0.174. The molecular formula is C23H21F2NO3S. The fourth-order valence-corrected chi connectivity index (χ4v) is 4.46. The van der Waals surface area contributed by atoms with Crippen molar-refractivity contribution in [1.29, 1.82) is 0 Å². The Labute approximate surface area is 174 Å². The zero-order valence-electron chi connectivity index (χ0n) is 16.5. The Morgan fingerprint density at radius 3 is 2.30 bits per heavy atom. The van der Waals surface area contributed by atoms with Crippen LogP contribution in [0.1, 0.15) is 34.5 Å². The Morgan fingerprint density at radius 2 is 1.63 bits per heavy atom. The van der Waals surface area contributed by atoms with Gasteiger partial charge in [-0.05, 0) is 54.4 Å². The van der Waals surface area contributed by atoms with Crippen molar-refractivity contribution in [3.05, 3.63) is 101 Å². The summed E-state index contributed by atoms with van der Waals surface area (Å²) in [5, 5.41) is 0.